The van der Waals surface area contributed by atoms with E-state index in [2.05, 4.69) is 27.4 Å². The molecule has 2 heterocycles. The highest BCUT2D eigenvalue weighted by atomic mass is 32.1. The number of hydrogen-bond acceptors (Lipinski definition) is 7. The van der Waals surface area contributed by atoms with Gasteiger partial charge in [-0.25, -0.2) is 4.98 Å². The Bertz CT molecular complexity index is 919. The van der Waals surface area contributed by atoms with Gasteiger partial charge in [-0.2, -0.15) is 0 Å². The molecule has 3 aromatic rings. The van der Waals surface area contributed by atoms with Gasteiger partial charge in [0.15, 0.2) is 0 Å². The van der Waals surface area contributed by atoms with E-state index in [0.29, 0.717) is 22.3 Å². The standard InChI is InChI=1S/C20H24N4O2S2/c1-4-5-6-7-16-23-24-20(28-16)22-19(25)18-14(3)21-17(27-18)12-26-15-10-8-13(2)9-11-15/h8-11H,4-7,12H2,1-3H3,(H,22,24,25). The van der Waals surface area contributed by atoms with Crippen LogP contribution in [0.25, 0.3) is 0 Å². The first-order chi connectivity index (χ1) is 13.5. The van der Waals surface area contributed by atoms with E-state index in [-0.39, 0.29) is 5.91 Å². The molecular formula is C20H24N4O2S2. The summed E-state index contributed by atoms with van der Waals surface area (Å²) in [6, 6.07) is 7.85. The molecule has 0 fully saturated rings. The predicted octanol–water partition coefficient (Wildman–Crippen LogP) is 5.18. The molecule has 0 atom stereocenters. The maximum absolute atomic E-state index is 12.6. The van der Waals surface area contributed by atoms with Gasteiger partial charge in [0.05, 0.1) is 5.69 Å². The number of carbonyl (C=O) groups is 1. The lowest BCUT2D eigenvalue weighted by Gasteiger charge is -2.03. The van der Waals surface area contributed by atoms with E-state index in [4.69, 9.17) is 4.74 Å². The van der Waals surface area contributed by atoms with Gasteiger partial charge >= 0.3 is 0 Å². The molecule has 1 aromatic carbocycles. The van der Waals surface area contributed by atoms with Crippen molar-refractivity contribution in [2.45, 2.75) is 53.1 Å². The van der Waals surface area contributed by atoms with E-state index in [1.165, 1.54) is 41.1 Å². The topological polar surface area (TPSA) is 77.0 Å². The number of unbranched alkanes of at least 4 members (excludes halogenated alkanes) is 2. The van der Waals surface area contributed by atoms with Crippen molar-refractivity contribution < 1.29 is 9.53 Å². The van der Waals surface area contributed by atoms with Gasteiger partial charge < -0.3 is 4.74 Å². The number of benzene rings is 1. The van der Waals surface area contributed by atoms with Gasteiger partial charge in [0.2, 0.25) is 5.13 Å². The highest BCUT2D eigenvalue weighted by molar-refractivity contribution is 7.16. The van der Waals surface area contributed by atoms with E-state index < -0.39 is 0 Å². The zero-order valence-electron chi connectivity index (χ0n) is 16.3. The molecule has 0 spiro atoms. The molecule has 6 nitrogen and oxygen atoms in total. The van der Waals surface area contributed by atoms with Crippen molar-refractivity contribution in [3.05, 3.63) is 50.4 Å². The Balaban J connectivity index is 1.57. The first-order valence-corrected chi connectivity index (χ1v) is 11.0. The van der Waals surface area contributed by atoms with Crippen molar-refractivity contribution in [1.29, 1.82) is 0 Å². The molecule has 0 bridgehead atoms. The van der Waals surface area contributed by atoms with Crippen molar-refractivity contribution >= 4 is 33.7 Å². The second kappa shape index (κ2) is 9.75. The average molecular weight is 417 g/mol. The smallest absolute Gasteiger partial charge is 0.269 e. The number of anilines is 1. The van der Waals surface area contributed by atoms with E-state index in [1.807, 2.05) is 38.1 Å². The van der Waals surface area contributed by atoms with Crippen LogP contribution in [0.15, 0.2) is 24.3 Å². The molecule has 28 heavy (non-hydrogen) atoms. The van der Waals surface area contributed by atoms with Crippen molar-refractivity contribution in [2.24, 2.45) is 0 Å². The minimum Gasteiger partial charge on any atom is -0.486 e. The van der Waals surface area contributed by atoms with E-state index in [9.17, 15) is 4.79 Å². The SMILES string of the molecule is CCCCCc1nnc(NC(=O)c2sc(COc3ccc(C)cc3)nc2C)s1. The lowest BCUT2D eigenvalue weighted by atomic mass is 10.2. The summed E-state index contributed by atoms with van der Waals surface area (Å²) in [5.41, 5.74) is 1.87. The molecule has 0 unspecified atom stereocenters. The van der Waals surface area contributed by atoms with Gasteiger partial charge in [-0.3, -0.25) is 10.1 Å². The average Bonchev–Trinajstić information content (AvgIpc) is 3.28. The van der Waals surface area contributed by atoms with Crippen molar-refractivity contribution in [3.8, 4) is 5.75 Å². The third-order valence-corrected chi connectivity index (χ3v) is 6.14. The van der Waals surface area contributed by atoms with Crippen LogP contribution in [0.4, 0.5) is 5.13 Å². The molecule has 0 saturated carbocycles. The molecule has 1 amide bonds. The quantitative estimate of drug-likeness (QED) is 0.487. The van der Waals surface area contributed by atoms with Crippen LogP contribution < -0.4 is 10.1 Å². The number of rotatable bonds is 9. The number of aryl methyl sites for hydroxylation is 3. The third-order valence-electron chi connectivity index (χ3n) is 4.11. The highest BCUT2D eigenvalue weighted by Crippen LogP contribution is 2.23. The van der Waals surface area contributed by atoms with E-state index >= 15 is 0 Å². The molecule has 8 heteroatoms. The highest BCUT2D eigenvalue weighted by Gasteiger charge is 2.17. The Labute approximate surface area is 173 Å². The number of nitrogens with one attached hydrogen (secondary N) is 1. The summed E-state index contributed by atoms with van der Waals surface area (Å²) in [6.07, 6.45) is 4.34. The molecule has 1 N–H and O–H groups in total. The van der Waals surface area contributed by atoms with Crippen molar-refractivity contribution in [3.63, 3.8) is 0 Å². The van der Waals surface area contributed by atoms with Crippen LogP contribution in [0, 0.1) is 13.8 Å². The first-order valence-electron chi connectivity index (χ1n) is 9.34. The van der Waals surface area contributed by atoms with Gasteiger partial charge in [0, 0.05) is 6.42 Å². The fourth-order valence-corrected chi connectivity index (χ4v) is 4.24. The van der Waals surface area contributed by atoms with Crippen LogP contribution in [-0.2, 0) is 13.0 Å². The Hall–Kier alpha value is -2.32. The third kappa shape index (κ3) is 5.59. The molecule has 148 valence electrons. The van der Waals surface area contributed by atoms with E-state index in [1.54, 1.807) is 0 Å². The summed E-state index contributed by atoms with van der Waals surface area (Å²) < 4.78 is 5.76. The molecule has 3 rings (SSSR count). The number of aromatic nitrogens is 3. The number of ether oxygens (including phenoxy) is 1. The van der Waals surface area contributed by atoms with Crippen LogP contribution in [-0.4, -0.2) is 21.1 Å². The van der Waals surface area contributed by atoms with Crippen LogP contribution in [0.3, 0.4) is 0 Å². The maximum atomic E-state index is 12.6. The normalized spacial score (nSPS) is 10.8. The van der Waals surface area contributed by atoms with Gasteiger partial charge in [0.1, 0.15) is 27.2 Å². The summed E-state index contributed by atoms with van der Waals surface area (Å²) in [6.45, 7) is 6.37. The Morgan fingerprint density at radius 1 is 1.07 bits per heavy atom. The maximum Gasteiger partial charge on any atom is 0.269 e. The van der Waals surface area contributed by atoms with Gasteiger partial charge in [-0.1, -0.05) is 48.8 Å². The summed E-state index contributed by atoms with van der Waals surface area (Å²) in [5.74, 6) is 0.585. The van der Waals surface area contributed by atoms with Gasteiger partial charge in [-0.15, -0.1) is 21.5 Å². The molecule has 0 saturated heterocycles. The van der Waals surface area contributed by atoms with Crippen molar-refractivity contribution in [1.82, 2.24) is 15.2 Å². The lowest BCUT2D eigenvalue weighted by Crippen LogP contribution is -2.11. The molecular weight excluding hydrogens is 392 g/mol. The number of nitrogens with zero attached hydrogens (tertiary/aromatic N) is 3. The second-order valence-corrected chi connectivity index (χ2v) is 8.68. The monoisotopic (exact) mass is 416 g/mol. The molecule has 0 radical (unpaired) electrons. The minimum atomic E-state index is -0.201. The number of carbonyl (C=O) groups excluding carboxylic acids is 1. The molecule has 2 aromatic heterocycles. The van der Waals surface area contributed by atoms with Crippen LogP contribution in [0.5, 0.6) is 5.75 Å². The number of hydrogen-bond donors (Lipinski definition) is 1. The summed E-state index contributed by atoms with van der Waals surface area (Å²) in [5, 5.41) is 13.3. The van der Waals surface area contributed by atoms with Crippen molar-refractivity contribution in [2.75, 3.05) is 5.32 Å². The minimum absolute atomic E-state index is 0.201. The zero-order chi connectivity index (χ0) is 19.9. The fraction of sp³-hybridized carbons (Fsp3) is 0.400. The first kappa shape index (κ1) is 20.4. The Kier molecular flexibility index (Phi) is 7.11. The Morgan fingerprint density at radius 3 is 2.61 bits per heavy atom. The van der Waals surface area contributed by atoms with E-state index in [0.717, 1.165) is 28.6 Å². The number of amides is 1. The second-order valence-electron chi connectivity index (χ2n) is 6.54. The van der Waals surface area contributed by atoms with Crippen LogP contribution in [0.1, 0.15) is 57.1 Å². The van der Waals surface area contributed by atoms with Gasteiger partial charge in [-0.05, 0) is 32.4 Å². The Morgan fingerprint density at radius 2 is 1.86 bits per heavy atom. The molecule has 0 aliphatic rings. The predicted molar refractivity (Wildman–Crippen MR) is 113 cm³/mol. The van der Waals surface area contributed by atoms with Gasteiger partial charge in [0.25, 0.3) is 5.91 Å². The van der Waals surface area contributed by atoms with Crippen LogP contribution in [0.2, 0.25) is 0 Å². The molecule has 0 aliphatic heterocycles. The summed E-state index contributed by atoms with van der Waals surface area (Å²) in [7, 11) is 0. The zero-order valence-corrected chi connectivity index (χ0v) is 18.0. The summed E-state index contributed by atoms with van der Waals surface area (Å²) >= 11 is 2.77. The fourth-order valence-electron chi connectivity index (χ4n) is 2.59. The molecule has 0 aliphatic carbocycles. The van der Waals surface area contributed by atoms with Crippen LogP contribution >= 0.6 is 22.7 Å². The number of thiazole rings is 1. The summed E-state index contributed by atoms with van der Waals surface area (Å²) in [4.78, 5) is 17.6. The lowest BCUT2D eigenvalue weighted by molar-refractivity contribution is 0.102. The largest absolute Gasteiger partial charge is 0.486 e.